The molecule has 0 unspecified atom stereocenters. The first kappa shape index (κ1) is 16.9. The Balaban J connectivity index is 2.14. The van der Waals surface area contributed by atoms with E-state index >= 15 is 0 Å². The lowest BCUT2D eigenvalue weighted by molar-refractivity contribution is 0.0473. The van der Waals surface area contributed by atoms with Gasteiger partial charge in [-0.15, -0.1) is 0 Å². The van der Waals surface area contributed by atoms with Crippen LogP contribution in [0.3, 0.4) is 0 Å². The summed E-state index contributed by atoms with van der Waals surface area (Å²) >= 11 is 0. The van der Waals surface area contributed by atoms with Gasteiger partial charge in [0, 0.05) is 11.8 Å². The van der Waals surface area contributed by atoms with E-state index in [0.717, 1.165) is 6.26 Å². The molecule has 120 valence electrons. The quantitative estimate of drug-likeness (QED) is 0.621. The van der Waals surface area contributed by atoms with Crippen molar-refractivity contribution in [2.75, 3.05) is 12.9 Å². The standard InChI is InChI=1S/C17H16O5S/c1-12-8-9-14(23(2,20)21)10-15(12)17(19)22-11-16(18)13-6-4-3-5-7-13/h3-10H,11H2,1-2H3. The van der Waals surface area contributed by atoms with Gasteiger partial charge in [-0.05, 0) is 24.6 Å². The number of aryl methyl sites for hydroxylation is 1. The van der Waals surface area contributed by atoms with E-state index in [-0.39, 0.29) is 16.2 Å². The Bertz CT molecular complexity index is 839. The molecule has 0 aliphatic carbocycles. The van der Waals surface area contributed by atoms with Crippen molar-refractivity contribution in [2.45, 2.75) is 11.8 Å². The number of carbonyl (C=O) groups is 2. The summed E-state index contributed by atoms with van der Waals surface area (Å²) in [6.45, 7) is 1.27. The third kappa shape index (κ3) is 4.26. The SMILES string of the molecule is Cc1ccc(S(C)(=O)=O)cc1C(=O)OCC(=O)c1ccccc1. The van der Waals surface area contributed by atoms with Crippen LogP contribution < -0.4 is 0 Å². The fraction of sp³-hybridized carbons (Fsp3) is 0.176. The van der Waals surface area contributed by atoms with Gasteiger partial charge < -0.3 is 4.74 Å². The number of ketones is 1. The smallest absolute Gasteiger partial charge is 0.338 e. The highest BCUT2D eigenvalue weighted by molar-refractivity contribution is 7.90. The van der Waals surface area contributed by atoms with Gasteiger partial charge in [0.15, 0.2) is 22.2 Å². The van der Waals surface area contributed by atoms with Gasteiger partial charge in [0.1, 0.15) is 0 Å². The maximum Gasteiger partial charge on any atom is 0.338 e. The lowest BCUT2D eigenvalue weighted by Crippen LogP contribution is -2.15. The van der Waals surface area contributed by atoms with Crippen LogP contribution in [-0.4, -0.2) is 33.0 Å². The van der Waals surface area contributed by atoms with Crippen LogP contribution in [0.4, 0.5) is 0 Å². The number of sulfone groups is 1. The van der Waals surface area contributed by atoms with E-state index in [1.165, 1.54) is 18.2 Å². The molecule has 0 amide bonds. The molecule has 5 nitrogen and oxygen atoms in total. The molecular weight excluding hydrogens is 316 g/mol. The minimum Gasteiger partial charge on any atom is -0.454 e. The van der Waals surface area contributed by atoms with Crippen LogP contribution >= 0.6 is 0 Å². The molecule has 23 heavy (non-hydrogen) atoms. The number of carbonyl (C=O) groups excluding carboxylic acids is 2. The van der Waals surface area contributed by atoms with Gasteiger partial charge in [-0.1, -0.05) is 36.4 Å². The maximum absolute atomic E-state index is 12.1. The monoisotopic (exact) mass is 332 g/mol. The van der Waals surface area contributed by atoms with Gasteiger partial charge in [0.25, 0.3) is 0 Å². The summed E-state index contributed by atoms with van der Waals surface area (Å²) < 4.78 is 28.1. The predicted octanol–water partition coefficient (Wildman–Crippen LogP) is 2.44. The number of hydrogen-bond donors (Lipinski definition) is 0. The number of ether oxygens (including phenoxy) is 1. The van der Waals surface area contributed by atoms with Crippen molar-refractivity contribution in [1.29, 1.82) is 0 Å². The fourth-order valence-corrected chi connectivity index (χ4v) is 2.62. The molecule has 2 rings (SSSR count). The molecule has 0 heterocycles. The third-order valence-electron chi connectivity index (χ3n) is 3.29. The van der Waals surface area contributed by atoms with Gasteiger partial charge in [0.05, 0.1) is 10.5 Å². The largest absolute Gasteiger partial charge is 0.454 e. The van der Waals surface area contributed by atoms with Crippen molar-refractivity contribution in [3.05, 3.63) is 65.2 Å². The lowest BCUT2D eigenvalue weighted by Gasteiger charge is -2.08. The second-order valence-corrected chi connectivity index (χ2v) is 7.13. The summed E-state index contributed by atoms with van der Waals surface area (Å²) in [4.78, 5) is 24.1. The van der Waals surface area contributed by atoms with Crippen molar-refractivity contribution in [3.63, 3.8) is 0 Å². The first-order chi connectivity index (χ1) is 10.8. The number of Topliss-reactive ketones (excluding diaryl/α,β-unsaturated/α-hetero) is 1. The van der Waals surface area contributed by atoms with Crippen molar-refractivity contribution >= 4 is 21.6 Å². The van der Waals surface area contributed by atoms with Gasteiger partial charge in [-0.3, -0.25) is 4.79 Å². The predicted molar refractivity (Wildman–Crippen MR) is 85.3 cm³/mol. The number of rotatable bonds is 5. The van der Waals surface area contributed by atoms with Gasteiger partial charge in [-0.25, -0.2) is 13.2 Å². The van der Waals surface area contributed by atoms with Gasteiger partial charge in [0.2, 0.25) is 0 Å². The van der Waals surface area contributed by atoms with Crippen LogP contribution in [-0.2, 0) is 14.6 Å². The Hall–Kier alpha value is -2.47. The second kappa shape index (κ2) is 6.75. The van der Waals surface area contributed by atoms with Crippen LogP contribution in [0.2, 0.25) is 0 Å². The maximum atomic E-state index is 12.1. The molecule has 0 aliphatic rings. The van der Waals surface area contributed by atoms with Crippen molar-refractivity contribution in [3.8, 4) is 0 Å². The van der Waals surface area contributed by atoms with Crippen molar-refractivity contribution in [2.24, 2.45) is 0 Å². The molecule has 0 N–H and O–H groups in total. The number of esters is 1. The Morgan fingerprint density at radius 3 is 2.30 bits per heavy atom. The van der Waals surface area contributed by atoms with E-state index < -0.39 is 22.4 Å². The molecular formula is C17H16O5S. The molecule has 6 heteroatoms. The molecule has 0 saturated heterocycles. The zero-order chi connectivity index (χ0) is 17.0. The molecule has 2 aromatic rings. The van der Waals surface area contributed by atoms with E-state index in [4.69, 9.17) is 4.74 Å². The molecule has 0 radical (unpaired) electrons. The molecule has 0 aromatic heterocycles. The summed E-state index contributed by atoms with van der Waals surface area (Å²) in [5.74, 6) is -1.05. The van der Waals surface area contributed by atoms with Crippen LogP contribution in [0, 0.1) is 6.92 Å². The summed E-state index contributed by atoms with van der Waals surface area (Å²) in [5, 5.41) is 0. The molecule has 0 saturated carbocycles. The zero-order valence-corrected chi connectivity index (χ0v) is 13.6. The van der Waals surface area contributed by atoms with E-state index in [9.17, 15) is 18.0 Å². The minimum absolute atomic E-state index is 0.0319. The van der Waals surface area contributed by atoms with Gasteiger partial charge in [-0.2, -0.15) is 0 Å². The number of benzene rings is 2. The summed E-state index contributed by atoms with van der Waals surface area (Å²) in [7, 11) is -3.42. The van der Waals surface area contributed by atoms with E-state index in [1.807, 2.05) is 0 Å². The van der Waals surface area contributed by atoms with E-state index in [2.05, 4.69) is 0 Å². The Morgan fingerprint density at radius 2 is 1.70 bits per heavy atom. The van der Waals surface area contributed by atoms with Crippen LogP contribution in [0.15, 0.2) is 53.4 Å². The van der Waals surface area contributed by atoms with Crippen molar-refractivity contribution in [1.82, 2.24) is 0 Å². The normalized spacial score (nSPS) is 11.0. The summed E-state index contributed by atoms with van der Waals surface area (Å²) in [6, 6.07) is 12.7. The van der Waals surface area contributed by atoms with E-state index in [0.29, 0.717) is 11.1 Å². The third-order valence-corrected chi connectivity index (χ3v) is 4.40. The highest BCUT2D eigenvalue weighted by Gasteiger charge is 2.17. The molecule has 0 fully saturated rings. The first-order valence-electron chi connectivity index (χ1n) is 6.85. The molecule has 0 bridgehead atoms. The second-order valence-electron chi connectivity index (χ2n) is 5.11. The molecule has 0 aliphatic heterocycles. The van der Waals surface area contributed by atoms with Crippen LogP contribution in [0.5, 0.6) is 0 Å². The van der Waals surface area contributed by atoms with Gasteiger partial charge >= 0.3 is 5.97 Å². The zero-order valence-electron chi connectivity index (χ0n) is 12.8. The Labute approximate surface area is 134 Å². The summed E-state index contributed by atoms with van der Waals surface area (Å²) in [6.07, 6.45) is 1.06. The Kier molecular flexibility index (Phi) is 4.95. The number of hydrogen-bond acceptors (Lipinski definition) is 5. The van der Waals surface area contributed by atoms with Crippen molar-refractivity contribution < 1.29 is 22.7 Å². The minimum atomic E-state index is -3.42. The van der Waals surface area contributed by atoms with Crippen LogP contribution in [0.1, 0.15) is 26.3 Å². The lowest BCUT2D eigenvalue weighted by atomic mass is 10.1. The molecule has 2 aromatic carbocycles. The molecule has 0 spiro atoms. The highest BCUT2D eigenvalue weighted by Crippen LogP contribution is 2.16. The Morgan fingerprint density at radius 1 is 1.04 bits per heavy atom. The topological polar surface area (TPSA) is 77.5 Å². The van der Waals surface area contributed by atoms with E-state index in [1.54, 1.807) is 37.3 Å². The average molecular weight is 332 g/mol. The highest BCUT2D eigenvalue weighted by atomic mass is 32.2. The summed E-state index contributed by atoms with van der Waals surface area (Å²) in [5.41, 5.74) is 1.16. The van der Waals surface area contributed by atoms with Crippen LogP contribution in [0.25, 0.3) is 0 Å². The average Bonchev–Trinajstić information content (AvgIpc) is 2.52. The molecule has 0 atom stereocenters. The first-order valence-corrected chi connectivity index (χ1v) is 8.74. The fourth-order valence-electron chi connectivity index (χ4n) is 1.97.